The molecule has 1 saturated heterocycles. The molecule has 102 valence electrons. The van der Waals surface area contributed by atoms with Crippen molar-refractivity contribution in [2.75, 3.05) is 38.0 Å². The molecular weight excluding hydrogens is 246 g/mol. The second kappa shape index (κ2) is 6.31. The van der Waals surface area contributed by atoms with Gasteiger partial charge in [0.1, 0.15) is 0 Å². The van der Waals surface area contributed by atoms with E-state index in [0.29, 0.717) is 12.2 Å². The number of amides is 1. The molecule has 0 saturated carbocycles. The SMILES string of the molecule is O=C(CN1CCNCC1)Nc1cccc(C(=O)O)c1. The van der Waals surface area contributed by atoms with Gasteiger partial charge in [-0.15, -0.1) is 0 Å². The highest BCUT2D eigenvalue weighted by Crippen LogP contribution is 2.10. The maximum atomic E-state index is 11.8. The molecule has 19 heavy (non-hydrogen) atoms. The van der Waals surface area contributed by atoms with Crippen LogP contribution in [0, 0.1) is 0 Å². The fraction of sp³-hybridized carbons (Fsp3) is 0.385. The van der Waals surface area contributed by atoms with Gasteiger partial charge in [0.2, 0.25) is 5.91 Å². The summed E-state index contributed by atoms with van der Waals surface area (Å²) in [5.41, 5.74) is 0.681. The highest BCUT2D eigenvalue weighted by molar-refractivity contribution is 5.94. The third-order valence-electron chi connectivity index (χ3n) is 2.97. The van der Waals surface area contributed by atoms with Crippen LogP contribution in [0.25, 0.3) is 0 Å². The van der Waals surface area contributed by atoms with Gasteiger partial charge in [-0.1, -0.05) is 6.07 Å². The van der Waals surface area contributed by atoms with E-state index in [9.17, 15) is 9.59 Å². The number of aromatic carboxylic acids is 1. The fourth-order valence-corrected chi connectivity index (χ4v) is 2.00. The molecule has 1 aromatic rings. The number of piperazine rings is 1. The summed E-state index contributed by atoms with van der Waals surface area (Å²) in [6.07, 6.45) is 0. The standard InChI is InChI=1S/C13H17N3O3/c17-12(9-16-6-4-14-5-7-16)15-11-3-1-2-10(8-11)13(18)19/h1-3,8,14H,4-7,9H2,(H,15,17)(H,18,19). The lowest BCUT2D eigenvalue weighted by atomic mass is 10.2. The number of carboxylic acids is 1. The first-order valence-corrected chi connectivity index (χ1v) is 6.21. The lowest BCUT2D eigenvalue weighted by Gasteiger charge is -2.26. The zero-order valence-electron chi connectivity index (χ0n) is 10.6. The fourth-order valence-electron chi connectivity index (χ4n) is 2.00. The Balaban J connectivity index is 1.90. The normalized spacial score (nSPS) is 16.0. The first kappa shape index (κ1) is 13.5. The van der Waals surface area contributed by atoms with E-state index >= 15 is 0 Å². The molecule has 1 aliphatic rings. The molecule has 0 bridgehead atoms. The Kier molecular flexibility index (Phi) is 4.48. The van der Waals surface area contributed by atoms with Crippen molar-refractivity contribution >= 4 is 17.6 Å². The highest BCUT2D eigenvalue weighted by Gasteiger charge is 2.13. The molecule has 0 unspecified atom stereocenters. The Morgan fingerprint density at radius 2 is 2.05 bits per heavy atom. The number of benzene rings is 1. The van der Waals surface area contributed by atoms with Crippen molar-refractivity contribution in [3.63, 3.8) is 0 Å². The van der Waals surface area contributed by atoms with Crippen LogP contribution in [0.1, 0.15) is 10.4 Å². The van der Waals surface area contributed by atoms with E-state index < -0.39 is 5.97 Å². The number of carbonyl (C=O) groups is 2. The van der Waals surface area contributed by atoms with Crippen LogP contribution < -0.4 is 10.6 Å². The maximum absolute atomic E-state index is 11.8. The molecule has 1 amide bonds. The Morgan fingerprint density at radius 3 is 2.74 bits per heavy atom. The molecule has 0 aliphatic carbocycles. The lowest BCUT2D eigenvalue weighted by molar-refractivity contribution is -0.117. The second-order valence-electron chi connectivity index (χ2n) is 4.46. The number of hydrogen-bond donors (Lipinski definition) is 3. The third kappa shape index (κ3) is 4.04. The van der Waals surface area contributed by atoms with Gasteiger partial charge < -0.3 is 15.7 Å². The summed E-state index contributed by atoms with van der Waals surface area (Å²) in [4.78, 5) is 24.7. The Bertz CT molecular complexity index is 470. The Labute approximate surface area is 111 Å². The molecule has 3 N–H and O–H groups in total. The maximum Gasteiger partial charge on any atom is 0.335 e. The van der Waals surface area contributed by atoms with Gasteiger partial charge in [0.25, 0.3) is 0 Å². The van der Waals surface area contributed by atoms with Crippen molar-refractivity contribution in [1.29, 1.82) is 0 Å². The molecule has 6 heteroatoms. The number of anilines is 1. The molecule has 0 aromatic heterocycles. The van der Waals surface area contributed by atoms with Gasteiger partial charge in [0.15, 0.2) is 0 Å². The number of hydrogen-bond acceptors (Lipinski definition) is 4. The van der Waals surface area contributed by atoms with E-state index in [-0.39, 0.29) is 11.5 Å². The molecule has 0 radical (unpaired) electrons. The van der Waals surface area contributed by atoms with E-state index in [0.717, 1.165) is 26.2 Å². The molecular formula is C13H17N3O3. The van der Waals surface area contributed by atoms with Crippen LogP contribution in [0.4, 0.5) is 5.69 Å². The summed E-state index contributed by atoms with van der Waals surface area (Å²) in [5.74, 6) is -1.12. The van der Waals surface area contributed by atoms with Crippen LogP contribution in [-0.4, -0.2) is 54.6 Å². The van der Waals surface area contributed by atoms with Crippen molar-refractivity contribution in [3.05, 3.63) is 29.8 Å². The van der Waals surface area contributed by atoms with Gasteiger partial charge in [-0.05, 0) is 18.2 Å². The number of rotatable bonds is 4. The van der Waals surface area contributed by atoms with Crippen LogP contribution in [0.3, 0.4) is 0 Å². The highest BCUT2D eigenvalue weighted by atomic mass is 16.4. The third-order valence-corrected chi connectivity index (χ3v) is 2.97. The quantitative estimate of drug-likeness (QED) is 0.724. The summed E-state index contributed by atoms with van der Waals surface area (Å²) < 4.78 is 0. The van der Waals surface area contributed by atoms with Crippen LogP contribution >= 0.6 is 0 Å². The minimum atomic E-state index is -1.00. The van der Waals surface area contributed by atoms with E-state index in [1.165, 1.54) is 12.1 Å². The van der Waals surface area contributed by atoms with Crippen molar-refractivity contribution in [3.8, 4) is 0 Å². The van der Waals surface area contributed by atoms with E-state index in [4.69, 9.17) is 5.11 Å². The number of nitrogens with one attached hydrogen (secondary N) is 2. The van der Waals surface area contributed by atoms with E-state index in [1.54, 1.807) is 12.1 Å². The lowest BCUT2D eigenvalue weighted by Crippen LogP contribution is -2.46. The minimum Gasteiger partial charge on any atom is -0.478 e. The predicted octanol–water partition coefficient (Wildman–Crippen LogP) is 0.229. The van der Waals surface area contributed by atoms with Crippen LogP contribution in [0.5, 0.6) is 0 Å². The summed E-state index contributed by atoms with van der Waals surface area (Å²) >= 11 is 0. The van der Waals surface area contributed by atoms with Gasteiger partial charge in [0, 0.05) is 31.9 Å². The smallest absolute Gasteiger partial charge is 0.335 e. The summed E-state index contributed by atoms with van der Waals surface area (Å²) in [6.45, 7) is 3.81. The number of carboxylic acid groups (broad SMARTS) is 1. The molecule has 6 nitrogen and oxygen atoms in total. The average Bonchev–Trinajstić information content (AvgIpc) is 2.40. The summed E-state index contributed by atoms with van der Waals surface area (Å²) in [7, 11) is 0. The number of carbonyl (C=O) groups excluding carboxylic acids is 1. The zero-order valence-corrected chi connectivity index (χ0v) is 10.6. The van der Waals surface area contributed by atoms with Crippen LogP contribution in [0.2, 0.25) is 0 Å². The Morgan fingerprint density at radius 1 is 1.32 bits per heavy atom. The largest absolute Gasteiger partial charge is 0.478 e. The molecule has 0 atom stereocenters. The van der Waals surface area contributed by atoms with Gasteiger partial charge in [-0.25, -0.2) is 4.79 Å². The van der Waals surface area contributed by atoms with Crippen LogP contribution in [-0.2, 0) is 4.79 Å². The minimum absolute atomic E-state index is 0.121. The first-order chi connectivity index (χ1) is 9.15. The molecule has 1 aliphatic heterocycles. The van der Waals surface area contributed by atoms with Crippen LogP contribution in [0.15, 0.2) is 24.3 Å². The number of nitrogens with zero attached hydrogens (tertiary/aromatic N) is 1. The molecule has 0 spiro atoms. The summed E-state index contributed by atoms with van der Waals surface area (Å²) in [5, 5.41) is 14.8. The second-order valence-corrected chi connectivity index (χ2v) is 4.46. The van der Waals surface area contributed by atoms with Gasteiger partial charge in [-0.2, -0.15) is 0 Å². The predicted molar refractivity (Wildman–Crippen MR) is 71.3 cm³/mol. The van der Waals surface area contributed by atoms with Crippen molar-refractivity contribution in [2.45, 2.75) is 0 Å². The van der Waals surface area contributed by atoms with E-state index in [1.807, 2.05) is 0 Å². The molecule has 1 heterocycles. The molecule has 1 aromatic carbocycles. The van der Waals surface area contributed by atoms with Gasteiger partial charge >= 0.3 is 5.97 Å². The molecule has 1 fully saturated rings. The van der Waals surface area contributed by atoms with Gasteiger partial charge in [0.05, 0.1) is 12.1 Å². The topological polar surface area (TPSA) is 81.7 Å². The first-order valence-electron chi connectivity index (χ1n) is 6.21. The zero-order chi connectivity index (χ0) is 13.7. The van der Waals surface area contributed by atoms with Gasteiger partial charge in [-0.3, -0.25) is 9.69 Å². The van der Waals surface area contributed by atoms with E-state index in [2.05, 4.69) is 15.5 Å². The average molecular weight is 263 g/mol. The van der Waals surface area contributed by atoms with Crippen molar-refractivity contribution in [1.82, 2.24) is 10.2 Å². The Hall–Kier alpha value is -1.92. The molecule has 2 rings (SSSR count). The van der Waals surface area contributed by atoms with Crippen molar-refractivity contribution in [2.24, 2.45) is 0 Å². The van der Waals surface area contributed by atoms with Crippen molar-refractivity contribution < 1.29 is 14.7 Å². The summed E-state index contributed by atoms with van der Waals surface area (Å²) in [6, 6.07) is 6.25. The monoisotopic (exact) mass is 263 g/mol.